The van der Waals surface area contributed by atoms with Gasteiger partial charge < -0.3 is 14.6 Å². The van der Waals surface area contributed by atoms with E-state index in [-0.39, 0.29) is 5.75 Å². The predicted octanol–water partition coefficient (Wildman–Crippen LogP) is 1.23. The molecule has 0 aliphatic heterocycles. The van der Waals surface area contributed by atoms with Crippen LogP contribution in [0.5, 0.6) is 5.75 Å². The molecule has 13 heavy (non-hydrogen) atoms. The maximum Gasteiger partial charge on any atom is 0.375 e. The molecule has 0 bridgehead atoms. The predicted molar refractivity (Wildman–Crippen MR) is 42.6 cm³/mol. The fourth-order valence-corrected chi connectivity index (χ4v) is 1.07. The molecule has 0 aromatic carbocycles. The zero-order valence-corrected chi connectivity index (χ0v) is 6.39. The van der Waals surface area contributed by atoms with E-state index in [0.29, 0.717) is 11.0 Å². The monoisotopic (exact) mass is 179 g/mol. The lowest BCUT2D eigenvalue weighted by Gasteiger charge is -1.86. The molecule has 2 aromatic heterocycles. The zero-order chi connectivity index (χ0) is 9.42. The quantitative estimate of drug-likeness (QED) is 0.687. The van der Waals surface area contributed by atoms with Gasteiger partial charge >= 0.3 is 5.97 Å². The Morgan fingerprint density at radius 1 is 1.54 bits per heavy atom. The maximum atomic E-state index is 10.5. The number of hydrogen-bond acceptors (Lipinski definition) is 4. The van der Waals surface area contributed by atoms with Crippen LogP contribution >= 0.6 is 0 Å². The van der Waals surface area contributed by atoms with Crippen LogP contribution in [0.15, 0.2) is 22.9 Å². The highest BCUT2D eigenvalue weighted by Crippen LogP contribution is 2.30. The first kappa shape index (κ1) is 7.60. The number of rotatable bonds is 1. The van der Waals surface area contributed by atoms with Crippen molar-refractivity contribution in [2.75, 3.05) is 0 Å². The van der Waals surface area contributed by atoms with E-state index in [4.69, 9.17) is 9.52 Å². The van der Waals surface area contributed by atoms with Crippen LogP contribution in [-0.2, 0) is 0 Å². The third kappa shape index (κ3) is 1.01. The normalized spacial score (nSPS) is 10.5. The molecule has 0 spiro atoms. The summed E-state index contributed by atoms with van der Waals surface area (Å²) in [4.78, 5) is 14.3. The van der Waals surface area contributed by atoms with Crippen LogP contribution in [-0.4, -0.2) is 21.2 Å². The second kappa shape index (κ2) is 2.48. The van der Waals surface area contributed by atoms with Gasteiger partial charge in [-0.05, 0) is 6.07 Å². The summed E-state index contributed by atoms with van der Waals surface area (Å²) in [6.45, 7) is 0. The fourth-order valence-electron chi connectivity index (χ4n) is 1.07. The van der Waals surface area contributed by atoms with Crippen molar-refractivity contribution in [3.8, 4) is 5.75 Å². The molecular weight excluding hydrogens is 174 g/mol. The van der Waals surface area contributed by atoms with E-state index in [9.17, 15) is 9.90 Å². The Balaban J connectivity index is 2.81. The van der Waals surface area contributed by atoms with Gasteiger partial charge in [-0.15, -0.1) is 0 Å². The van der Waals surface area contributed by atoms with Gasteiger partial charge in [-0.25, -0.2) is 4.79 Å². The molecule has 66 valence electrons. The summed E-state index contributed by atoms with van der Waals surface area (Å²) in [7, 11) is 0. The van der Waals surface area contributed by atoms with Crippen molar-refractivity contribution in [1.29, 1.82) is 0 Å². The molecule has 2 heterocycles. The molecule has 0 radical (unpaired) electrons. The van der Waals surface area contributed by atoms with E-state index in [0.717, 1.165) is 0 Å². The molecule has 0 aliphatic rings. The number of aromatic hydroxyl groups is 1. The van der Waals surface area contributed by atoms with Gasteiger partial charge in [0.25, 0.3) is 5.76 Å². The summed E-state index contributed by atoms with van der Waals surface area (Å²) in [5.74, 6) is -2.13. The second-order valence-corrected chi connectivity index (χ2v) is 2.46. The van der Waals surface area contributed by atoms with Crippen molar-refractivity contribution in [3.63, 3.8) is 0 Å². The standard InChI is InChI=1S/C8H5NO4/c10-6-4-3-9-2-1-5(4)13-7(6)8(11)12/h1-3,10H,(H,11,12). The van der Waals surface area contributed by atoms with Crippen molar-refractivity contribution in [3.05, 3.63) is 24.2 Å². The number of aromatic carboxylic acids is 1. The number of aromatic nitrogens is 1. The van der Waals surface area contributed by atoms with Gasteiger partial charge in [-0.3, -0.25) is 4.98 Å². The highest BCUT2D eigenvalue weighted by Gasteiger charge is 2.18. The van der Waals surface area contributed by atoms with Gasteiger partial charge in [0.05, 0.1) is 5.39 Å². The molecule has 0 saturated heterocycles. The van der Waals surface area contributed by atoms with Gasteiger partial charge in [-0.1, -0.05) is 0 Å². The maximum absolute atomic E-state index is 10.5. The largest absolute Gasteiger partial charge is 0.504 e. The Hall–Kier alpha value is -2.04. The number of carbonyl (C=O) groups is 1. The summed E-state index contributed by atoms with van der Waals surface area (Å²) in [6.07, 6.45) is 2.80. The van der Waals surface area contributed by atoms with Crippen LogP contribution in [0.4, 0.5) is 0 Å². The minimum atomic E-state index is -1.30. The topological polar surface area (TPSA) is 83.6 Å². The molecular formula is C8H5NO4. The summed E-state index contributed by atoms with van der Waals surface area (Å²) in [6, 6.07) is 1.49. The van der Waals surface area contributed by atoms with Crippen LogP contribution in [0.1, 0.15) is 10.6 Å². The second-order valence-electron chi connectivity index (χ2n) is 2.46. The smallest absolute Gasteiger partial charge is 0.375 e. The molecule has 2 rings (SSSR count). The molecule has 0 saturated carbocycles. The molecule has 0 aliphatic carbocycles. The van der Waals surface area contributed by atoms with Crippen LogP contribution in [0, 0.1) is 0 Å². The molecule has 0 amide bonds. The number of pyridine rings is 1. The Morgan fingerprint density at radius 2 is 2.31 bits per heavy atom. The number of furan rings is 1. The summed E-state index contributed by atoms with van der Waals surface area (Å²) >= 11 is 0. The van der Waals surface area contributed by atoms with Crippen LogP contribution in [0.2, 0.25) is 0 Å². The molecule has 2 N–H and O–H groups in total. The number of nitrogens with zero attached hydrogens (tertiary/aromatic N) is 1. The molecule has 0 atom stereocenters. The van der Waals surface area contributed by atoms with E-state index < -0.39 is 11.7 Å². The Kier molecular flexibility index (Phi) is 1.45. The minimum Gasteiger partial charge on any atom is -0.504 e. The molecule has 0 unspecified atom stereocenters. The summed E-state index contributed by atoms with van der Waals surface area (Å²) < 4.78 is 4.87. The first-order chi connectivity index (χ1) is 6.20. The third-order valence-corrected chi connectivity index (χ3v) is 1.66. The summed E-state index contributed by atoms with van der Waals surface area (Å²) in [5.41, 5.74) is 0.310. The van der Waals surface area contributed by atoms with Gasteiger partial charge in [0.2, 0.25) is 0 Å². The summed E-state index contributed by atoms with van der Waals surface area (Å²) in [5, 5.41) is 18.2. The lowest BCUT2D eigenvalue weighted by Crippen LogP contribution is -1.92. The fraction of sp³-hybridized carbons (Fsp3) is 0. The lowest BCUT2D eigenvalue weighted by molar-refractivity contribution is 0.0660. The van der Waals surface area contributed by atoms with Crippen molar-refractivity contribution in [2.45, 2.75) is 0 Å². The first-order valence-electron chi connectivity index (χ1n) is 3.49. The first-order valence-corrected chi connectivity index (χ1v) is 3.49. The van der Waals surface area contributed by atoms with Crippen molar-refractivity contribution >= 4 is 16.9 Å². The van der Waals surface area contributed by atoms with E-state index in [2.05, 4.69) is 4.98 Å². The average molecular weight is 179 g/mol. The number of fused-ring (bicyclic) bond motifs is 1. The highest BCUT2D eigenvalue weighted by atomic mass is 16.4. The van der Waals surface area contributed by atoms with Crippen LogP contribution < -0.4 is 0 Å². The van der Waals surface area contributed by atoms with Gasteiger partial charge in [0.15, 0.2) is 5.75 Å². The van der Waals surface area contributed by atoms with E-state index in [1.54, 1.807) is 0 Å². The average Bonchev–Trinajstić information content (AvgIpc) is 2.45. The Bertz CT molecular complexity index is 474. The Labute approximate surface area is 72.2 Å². The lowest BCUT2D eigenvalue weighted by atomic mass is 10.3. The van der Waals surface area contributed by atoms with Crippen molar-refractivity contribution in [1.82, 2.24) is 4.98 Å². The highest BCUT2D eigenvalue weighted by molar-refractivity contribution is 5.97. The van der Waals surface area contributed by atoms with Gasteiger partial charge in [0.1, 0.15) is 5.58 Å². The van der Waals surface area contributed by atoms with E-state index >= 15 is 0 Å². The third-order valence-electron chi connectivity index (χ3n) is 1.66. The Morgan fingerprint density at radius 3 is 2.92 bits per heavy atom. The molecule has 5 nitrogen and oxygen atoms in total. The van der Waals surface area contributed by atoms with E-state index in [1.165, 1.54) is 18.5 Å². The number of carboxylic acids is 1. The SMILES string of the molecule is O=C(O)c1oc2ccncc2c1O. The number of hydrogen-bond donors (Lipinski definition) is 2. The molecule has 0 fully saturated rings. The van der Waals surface area contributed by atoms with Gasteiger partial charge in [0, 0.05) is 12.4 Å². The van der Waals surface area contributed by atoms with Crippen molar-refractivity contribution < 1.29 is 19.4 Å². The molecule has 2 aromatic rings. The minimum absolute atomic E-state index is 0.305. The zero-order valence-electron chi connectivity index (χ0n) is 6.39. The van der Waals surface area contributed by atoms with Crippen LogP contribution in [0.25, 0.3) is 11.0 Å². The van der Waals surface area contributed by atoms with Crippen LogP contribution in [0.3, 0.4) is 0 Å². The number of carboxylic acid groups (broad SMARTS) is 1. The molecule has 5 heteroatoms. The van der Waals surface area contributed by atoms with E-state index in [1.807, 2.05) is 0 Å². The van der Waals surface area contributed by atoms with Gasteiger partial charge in [-0.2, -0.15) is 0 Å². The van der Waals surface area contributed by atoms with Crippen molar-refractivity contribution in [2.24, 2.45) is 0 Å².